The summed E-state index contributed by atoms with van der Waals surface area (Å²) in [6.45, 7) is 18.2. The monoisotopic (exact) mass is 615 g/mol. The predicted molar refractivity (Wildman–Crippen MR) is 175 cm³/mol. The van der Waals surface area contributed by atoms with E-state index >= 15 is 0 Å². The molecule has 3 aliphatic carbocycles. The van der Waals surface area contributed by atoms with E-state index < -0.39 is 0 Å². The summed E-state index contributed by atoms with van der Waals surface area (Å²) in [5.74, 6) is 4.11. The lowest BCUT2D eigenvalue weighted by Gasteiger charge is -2.29. The minimum absolute atomic E-state index is 0.160. The van der Waals surface area contributed by atoms with Gasteiger partial charge in [-0.25, -0.2) is 0 Å². The third-order valence-corrected chi connectivity index (χ3v) is 13.2. The Morgan fingerprint density at radius 2 is 1.47 bits per heavy atom. The lowest BCUT2D eigenvalue weighted by Crippen LogP contribution is -2.38. The Balaban J connectivity index is 0.000000113. The fraction of sp³-hybridized carbons (Fsp3) is 0.658. The van der Waals surface area contributed by atoms with E-state index in [0.29, 0.717) is 66.5 Å². The van der Waals surface area contributed by atoms with E-state index in [4.69, 9.17) is 9.84 Å². The Labute approximate surface area is 269 Å². The zero-order chi connectivity index (χ0) is 31.9. The highest BCUT2D eigenvalue weighted by Crippen LogP contribution is 2.68. The van der Waals surface area contributed by atoms with Gasteiger partial charge in [0.15, 0.2) is 6.23 Å². The van der Waals surface area contributed by atoms with Crippen LogP contribution in [0.3, 0.4) is 0 Å². The number of nitrogens with zero attached hydrogens (tertiary/aromatic N) is 2. The van der Waals surface area contributed by atoms with E-state index in [0.717, 1.165) is 43.0 Å². The van der Waals surface area contributed by atoms with Crippen LogP contribution in [0.1, 0.15) is 58.9 Å². The average Bonchev–Trinajstić information content (AvgIpc) is 3.59. The van der Waals surface area contributed by atoms with E-state index in [-0.39, 0.29) is 17.6 Å². The molecule has 4 unspecified atom stereocenters. The number of hydrogen-bond donors (Lipinski definition) is 3. The number of hydrogen-bond acceptors (Lipinski definition) is 6. The van der Waals surface area contributed by atoms with Crippen molar-refractivity contribution in [1.29, 1.82) is 0 Å². The molecule has 7 aliphatic rings. The molecule has 4 saturated heterocycles. The number of amides is 1. The molecule has 2 aromatic carbocycles. The number of ether oxygens (including phenoxy) is 1. The Bertz CT molecular complexity index is 1380. The average molecular weight is 616 g/mol. The van der Waals surface area contributed by atoms with Gasteiger partial charge in [0.1, 0.15) is 0 Å². The summed E-state index contributed by atoms with van der Waals surface area (Å²) in [4.78, 5) is 16.9. The second-order valence-electron chi connectivity index (χ2n) is 16.5. The van der Waals surface area contributed by atoms with E-state index in [1.54, 1.807) is 0 Å². The van der Waals surface area contributed by atoms with Crippen molar-refractivity contribution in [3.05, 3.63) is 71.8 Å². The van der Waals surface area contributed by atoms with Crippen LogP contribution in [0.25, 0.3) is 0 Å². The van der Waals surface area contributed by atoms with E-state index in [1.807, 2.05) is 35.2 Å². The molecule has 1 amide bonds. The number of benzene rings is 2. The van der Waals surface area contributed by atoms with Gasteiger partial charge in [0.2, 0.25) is 5.91 Å². The molecule has 3 N–H and O–H groups in total. The number of likely N-dealkylation sites (tertiary alicyclic amines) is 1. The van der Waals surface area contributed by atoms with E-state index in [9.17, 15) is 9.90 Å². The highest BCUT2D eigenvalue weighted by Gasteiger charge is 2.74. The second kappa shape index (κ2) is 11.2. The molecular weight excluding hydrogens is 562 g/mol. The number of aliphatic hydroxyl groups excluding tert-OH is 2. The molecule has 45 heavy (non-hydrogen) atoms. The van der Waals surface area contributed by atoms with Gasteiger partial charge in [0, 0.05) is 36.7 Å². The molecule has 7 heteroatoms. The van der Waals surface area contributed by atoms with Crippen LogP contribution in [0, 0.1) is 51.8 Å². The van der Waals surface area contributed by atoms with Gasteiger partial charge in [0.25, 0.3) is 0 Å². The Kier molecular flexibility index (Phi) is 7.77. The molecule has 0 aromatic heterocycles. The van der Waals surface area contributed by atoms with Gasteiger partial charge >= 0.3 is 0 Å². The molecule has 3 saturated carbocycles. The minimum atomic E-state index is -0.160. The highest BCUT2D eigenvalue weighted by molar-refractivity contribution is 5.87. The smallest absolute Gasteiger partial charge is 0.229 e. The number of nitrogens with one attached hydrogen (secondary N) is 1. The van der Waals surface area contributed by atoms with Crippen LogP contribution in [0.4, 0.5) is 0 Å². The zero-order valence-corrected chi connectivity index (χ0v) is 27.9. The van der Waals surface area contributed by atoms with Crippen LogP contribution in [-0.2, 0) is 16.1 Å². The first kappa shape index (κ1) is 31.3. The highest BCUT2D eigenvalue weighted by atomic mass is 16.5. The summed E-state index contributed by atoms with van der Waals surface area (Å²) < 4.78 is 5.87. The van der Waals surface area contributed by atoms with Gasteiger partial charge in [-0.05, 0) is 57.9 Å². The summed E-state index contributed by atoms with van der Waals surface area (Å²) in [5, 5.41) is 21.8. The summed E-state index contributed by atoms with van der Waals surface area (Å²) in [7, 11) is 0. The number of piperidine rings is 3. The molecule has 10 atom stereocenters. The molecule has 9 rings (SSSR count). The Hall–Kier alpha value is -2.29. The Morgan fingerprint density at radius 3 is 2.04 bits per heavy atom. The number of carbonyl (C=O) groups excluding carboxylic acids is 1. The maximum absolute atomic E-state index is 12.5. The van der Waals surface area contributed by atoms with Gasteiger partial charge in [-0.2, -0.15) is 0 Å². The molecule has 7 fully saturated rings. The zero-order valence-electron chi connectivity index (χ0n) is 27.9. The van der Waals surface area contributed by atoms with Crippen molar-refractivity contribution in [2.24, 2.45) is 51.8 Å². The van der Waals surface area contributed by atoms with Gasteiger partial charge in [-0.3, -0.25) is 9.69 Å². The Morgan fingerprint density at radius 1 is 0.822 bits per heavy atom. The second-order valence-corrected chi connectivity index (χ2v) is 16.5. The maximum atomic E-state index is 12.5. The largest absolute Gasteiger partial charge is 0.395 e. The van der Waals surface area contributed by atoms with Crippen LogP contribution in [0.15, 0.2) is 60.7 Å². The molecule has 4 aliphatic heterocycles. The van der Waals surface area contributed by atoms with E-state index in [2.05, 4.69) is 82.1 Å². The predicted octanol–water partition coefficient (Wildman–Crippen LogP) is 4.56. The van der Waals surface area contributed by atoms with Crippen LogP contribution in [0.5, 0.6) is 0 Å². The topological polar surface area (TPSA) is 85.3 Å². The van der Waals surface area contributed by atoms with Crippen molar-refractivity contribution in [3.8, 4) is 0 Å². The number of carbonyl (C=O) groups is 1. The summed E-state index contributed by atoms with van der Waals surface area (Å²) in [6, 6.07) is 21.7. The SMILES string of the molecule is CC1(C)C2C(=O)N3C(c4ccccc4)OC[C@@H]3[C@H]21.CC1(C)C2CN(Cc3ccccc3)[C@H](CO)[C@H]21.CC1(C)C2CN[C@H](CO)[C@H]21. The molecule has 2 aromatic rings. The molecule has 4 heterocycles. The number of fused-ring (bicyclic) bond motifs is 5. The van der Waals surface area contributed by atoms with Crippen molar-refractivity contribution in [1.82, 2.24) is 15.1 Å². The van der Waals surface area contributed by atoms with Crippen molar-refractivity contribution in [2.75, 3.05) is 32.9 Å². The third-order valence-electron chi connectivity index (χ3n) is 13.2. The molecular formula is C38H53N3O4. The quantitative estimate of drug-likeness (QED) is 0.458. The first-order valence-electron chi connectivity index (χ1n) is 17.2. The van der Waals surface area contributed by atoms with Crippen molar-refractivity contribution >= 4 is 5.91 Å². The summed E-state index contributed by atoms with van der Waals surface area (Å²) >= 11 is 0. The van der Waals surface area contributed by atoms with Gasteiger partial charge < -0.3 is 25.2 Å². The van der Waals surface area contributed by atoms with Gasteiger partial charge in [0.05, 0.1) is 25.9 Å². The summed E-state index contributed by atoms with van der Waals surface area (Å²) in [6.07, 6.45) is -0.160. The van der Waals surface area contributed by atoms with E-state index in [1.165, 1.54) is 5.56 Å². The molecule has 0 radical (unpaired) electrons. The van der Waals surface area contributed by atoms with Gasteiger partial charge in [-0.1, -0.05) is 102 Å². The van der Waals surface area contributed by atoms with Crippen LogP contribution >= 0.6 is 0 Å². The first-order valence-corrected chi connectivity index (χ1v) is 17.2. The summed E-state index contributed by atoms with van der Waals surface area (Å²) in [5.41, 5.74) is 3.60. The maximum Gasteiger partial charge on any atom is 0.229 e. The number of rotatable bonds is 5. The first-order chi connectivity index (χ1) is 21.4. The van der Waals surface area contributed by atoms with Crippen molar-refractivity contribution in [2.45, 2.75) is 72.4 Å². The molecule has 244 valence electrons. The van der Waals surface area contributed by atoms with Crippen molar-refractivity contribution in [3.63, 3.8) is 0 Å². The normalized spacial score (nSPS) is 39.8. The van der Waals surface area contributed by atoms with Crippen LogP contribution < -0.4 is 5.32 Å². The third kappa shape index (κ3) is 5.09. The lowest BCUT2D eigenvalue weighted by molar-refractivity contribution is -0.137. The standard InChI is InChI=1S/C15H17NO2.C15H21NO.C8H15NO/c1-15(2)11-10-8-18-14(9-6-4-3-5-7-9)16(10)13(17)12(11)15;1-15(2)12-9-16(13(10-17)14(12)15)8-11-6-4-3-5-7-11;1-8(2)5-3-9-6(4-10)7(5)8/h3-7,10-12,14H,8H2,1-2H3;3-7,12-14,17H,8-10H2,1-2H3;5-7,9-10H,3-4H2,1-2H3/t10-,11-,12?,14?;12?,13-,14+;5?,6-,7+/m111/s1. The lowest BCUT2D eigenvalue weighted by atomic mass is 10.0. The molecule has 0 bridgehead atoms. The fourth-order valence-corrected chi connectivity index (χ4v) is 10.3. The van der Waals surface area contributed by atoms with Gasteiger partial charge in [-0.15, -0.1) is 0 Å². The van der Waals surface area contributed by atoms with Crippen LogP contribution in [-0.4, -0.2) is 77.0 Å². The number of aliphatic hydroxyl groups is 2. The molecule has 7 nitrogen and oxygen atoms in total. The van der Waals surface area contributed by atoms with Crippen LogP contribution in [0.2, 0.25) is 0 Å². The van der Waals surface area contributed by atoms with Crippen molar-refractivity contribution < 1.29 is 19.7 Å². The minimum Gasteiger partial charge on any atom is -0.395 e. The molecule has 0 spiro atoms. The fourth-order valence-electron chi connectivity index (χ4n) is 10.3.